The Morgan fingerprint density at radius 2 is 1.29 bits per heavy atom. The Morgan fingerprint density at radius 3 is 1.71 bits per heavy atom. The van der Waals surface area contributed by atoms with Crippen molar-refractivity contribution in [3.63, 3.8) is 0 Å². The first kappa shape index (κ1) is 14.0. The van der Waals surface area contributed by atoms with Gasteiger partial charge < -0.3 is 5.11 Å². The molecule has 0 spiro atoms. The number of carbonyl (C=O) groups is 1. The average molecular weight is 274 g/mol. The Bertz CT molecular complexity index is 774. The van der Waals surface area contributed by atoms with Gasteiger partial charge in [-0.05, 0) is 48.5 Å². The molecule has 100 valence electrons. The van der Waals surface area contributed by atoms with Gasteiger partial charge >= 0.3 is 0 Å². The van der Waals surface area contributed by atoms with E-state index in [9.17, 15) is 9.90 Å². The second kappa shape index (κ2) is 6.18. The van der Waals surface area contributed by atoms with Crippen LogP contribution in [0.15, 0.2) is 54.6 Å². The van der Waals surface area contributed by atoms with E-state index in [0.717, 1.165) is 6.08 Å². The Labute approximate surface area is 121 Å². The molecule has 0 aliphatic heterocycles. The highest BCUT2D eigenvalue weighted by atomic mass is 16.3. The van der Waals surface area contributed by atoms with Crippen LogP contribution in [0.25, 0.3) is 5.76 Å². The smallest absolute Gasteiger partial charge is 0.189 e. The van der Waals surface area contributed by atoms with E-state index < -0.39 is 0 Å². The number of hydrogen-bond donors (Lipinski definition) is 1. The lowest BCUT2D eigenvalue weighted by molar-refractivity contribution is 0.104. The van der Waals surface area contributed by atoms with Crippen LogP contribution in [0, 0.1) is 22.7 Å². The minimum Gasteiger partial charge on any atom is -0.507 e. The van der Waals surface area contributed by atoms with Crippen molar-refractivity contribution in [3.8, 4) is 12.1 Å². The molecule has 0 heterocycles. The van der Waals surface area contributed by atoms with E-state index in [0.29, 0.717) is 22.3 Å². The van der Waals surface area contributed by atoms with Crippen LogP contribution in [0.3, 0.4) is 0 Å². The molecule has 0 aliphatic rings. The maximum Gasteiger partial charge on any atom is 0.189 e. The van der Waals surface area contributed by atoms with Crippen molar-refractivity contribution in [1.29, 1.82) is 10.5 Å². The minimum atomic E-state index is -0.360. The van der Waals surface area contributed by atoms with E-state index in [4.69, 9.17) is 10.5 Å². The fourth-order valence-electron chi connectivity index (χ4n) is 1.72. The van der Waals surface area contributed by atoms with E-state index in [1.807, 2.05) is 12.1 Å². The highest BCUT2D eigenvalue weighted by Gasteiger charge is 2.06. The van der Waals surface area contributed by atoms with Gasteiger partial charge in [-0.15, -0.1) is 0 Å². The first-order chi connectivity index (χ1) is 10.1. The zero-order valence-corrected chi connectivity index (χ0v) is 10.9. The number of carbonyl (C=O) groups excluding carboxylic acids is 1. The zero-order chi connectivity index (χ0) is 15.2. The van der Waals surface area contributed by atoms with Crippen molar-refractivity contribution in [1.82, 2.24) is 0 Å². The summed E-state index contributed by atoms with van der Waals surface area (Å²) in [5.74, 6) is -0.532. The van der Waals surface area contributed by atoms with E-state index in [1.165, 1.54) is 12.1 Å². The maximum absolute atomic E-state index is 12.0. The van der Waals surface area contributed by atoms with Crippen LogP contribution in [0.4, 0.5) is 0 Å². The fraction of sp³-hybridized carbons (Fsp3) is 0. The van der Waals surface area contributed by atoms with E-state index in [1.54, 1.807) is 36.4 Å². The molecule has 2 rings (SSSR count). The topological polar surface area (TPSA) is 84.9 Å². The zero-order valence-electron chi connectivity index (χ0n) is 10.9. The highest BCUT2D eigenvalue weighted by molar-refractivity contribution is 6.07. The number of hydrogen-bond acceptors (Lipinski definition) is 4. The van der Waals surface area contributed by atoms with E-state index in [2.05, 4.69) is 0 Å². The second-order valence-corrected chi connectivity index (χ2v) is 4.27. The first-order valence-corrected chi connectivity index (χ1v) is 6.10. The summed E-state index contributed by atoms with van der Waals surface area (Å²) in [6.45, 7) is 0. The lowest BCUT2D eigenvalue weighted by atomic mass is 10.1. The number of benzene rings is 2. The number of aliphatic hydroxyl groups excluding tert-OH is 1. The molecule has 0 radical (unpaired) electrons. The van der Waals surface area contributed by atoms with E-state index >= 15 is 0 Å². The van der Waals surface area contributed by atoms with E-state index in [-0.39, 0.29) is 11.5 Å². The molecule has 0 aromatic heterocycles. The Hall–Kier alpha value is -3.37. The monoisotopic (exact) mass is 274 g/mol. The van der Waals surface area contributed by atoms with Crippen LogP contribution in [-0.2, 0) is 0 Å². The van der Waals surface area contributed by atoms with Gasteiger partial charge in [0.15, 0.2) is 5.78 Å². The Balaban J connectivity index is 2.22. The van der Waals surface area contributed by atoms with Crippen LogP contribution in [0.5, 0.6) is 0 Å². The summed E-state index contributed by atoms with van der Waals surface area (Å²) in [6, 6.07) is 16.3. The molecule has 0 atom stereocenters. The summed E-state index contributed by atoms with van der Waals surface area (Å²) in [7, 11) is 0. The molecule has 0 fully saturated rings. The minimum absolute atomic E-state index is 0.172. The molecule has 1 N–H and O–H groups in total. The third-order valence-electron chi connectivity index (χ3n) is 2.88. The normalized spacial score (nSPS) is 10.5. The molecule has 4 nitrogen and oxygen atoms in total. The second-order valence-electron chi connectivity index (χ2n) is 4.27. The molecule has 21 heavy (non-hydrogen) atoms. The molecule has 2 aromatic carbocycles. The third kappa shape index (κ3) is 3.34. The van der Waals surface area contributed by atoms with Gasteiger partial charge in [-0.3, -0.25) is 4.79 Å². The molecule has 0 aliphatic carbocycles. The van der Waals surface area contributed by atoms with Crippen LogP contribution in [-0.4, -0.2) is 10.9 Å². The summed E-state index contributed by atoms with van der Waals surface area (Å²) in [6.07, 6.45) is 1.11. The molecule has 4 heteroatoms. The third-order valence-corrected chi connectivity index (χ3v) is 2.88. The van der Waals surface area contributed by atoms with Crippen LogP contribution in [0.2, 0.25) is 0 Å². The van der Waals surface area contributed by atoms with Crippen molar-refractivity contribution in [2.75, 3.05) is 0 Å². The Kier molecular flexibility index (Phi) is 4.14. The highest BCUT2D eigenvalue weighted by Crippen LogP contribution is 2.14. The van der Waals surface area contributed by atoms with Crippen LogP contribution < -0.4 is 0 Å². The molecule has 0 saturated heterocycles. The van der Waals surface area contributed by atoms with Gasteiger partial charge in [0, 0.05) is 17.2 Å². The number of nitrogens with zero attached hydrogens (tertiary/aromatic N) is 2. The number of aliphatic hydroxyl groups is 1. The summed E-state index contributed by atoms with van der Waals surface area (Å²) in [5, 5.41) is 27.3. The number of nitriles is 2. The summed E-state index contributed by atoms with van der Waals surface area (Å²) >= 11 is 0. The van der Waals surface area contributed by atoms with Gasteiger partial charge in [-0.1, -0.05) is 0 Å². The molecule has 2 aromatic rings. The largest absolute Gasteiger partial charge is 0.507 e. The fourth-order valence-corrected chi connectivity index (χ4v) is 1.72. The summed E-state index contributed by atoms with van der Waals surface area (Å²) < 4.78 is 0. The quantitative estimate of drug-likeness (QED) is 0.529. The lowest BCUT2D eigenvalue weighted by Crippen LogP contribution is -1.96. The van der Waals surface area contributed by atoms with Crippen LogP contribution >= 0.6 is 0 Å². The molecule has 0 bridgehead atoms. The maximum atomic E-state index is 12.0. The van der Waals surface area contributed by atoms with Gasteiger partial charge in [-0.25, -0.2) is 0 Å². The van der Waals surface area contributed by atoms with Gasteiger partial charge in [0.25, 0.3) is 0 Å². The van der Waals surface area contributed by atoms with Crippen molar-refractivity contribution in [2.45, 2.75) is 0 Å². The summed E-state index contributed by atoms with van der Waals surface area (Å²) in [5.41, 5.74) is 1.78. The molecule has 0 unspecified atom stereocenters. The predicted molar refractivity (Wildman–Crippen MR) is 77.3 cm³/mol. The van der Waals surface area contributed by atoms with Gasteiger partial charge in [0.2, 0.25) is 0 Å². The average Bonchev–Trinajstić information content (AvgIpc) is 2.55. The number of allylic oxidation sites excluding steroid dienone is 1. The first-order valence-electron chi connectivity index (χ1n) is 6.10. The van der Waals surface area contributed by atoms with Crippen molar-refractivity contribution >= 4 is 11.5 Å². The van der Waals surface area contributed by atoms with Crippen molar-refractivity contribution in [2.24, 2.45) is 0 Å². The van der Waals surface area contributed by atoms with Gasteiger partial charge in [0.05, 0.1) is 23.3 Å². The molecular formula is C17H10N2O2. The molecule has 0 saturated carbocycles. The van der Waals surface area contributed by atoms with Crippen molar-refractivity contribution in [3.05, 3.63) is 76.9 Å². The lowest BCUT2D eigenvalue weighted by Gasteiger charge is -2.01. The number of ketones is 1. The SMILES string of the molecule is N#Cc1ccc(C(=O)/C=C(\O)c2ccc(C#N)cc2)cc1. The standard InChI is InChI=1S/C17H10N2O2/c18-10-12-1-5-14(6-2-12)16(20)9-17(21)15-7-3-13(11-19)4-8-15/h1-9,20H/b16-9-. The Morgan fingerprint density at radius 1 is 0.857 bits per heavy atom. The van der Waals surface area contributed by atoms with Gasteiger partial charge in [-0.2, -0.15) is 10.5 Å². The summed E-state index contributed by atoms with van der Waals surface area (Å²) in [4.78, 5) is 12.0. The number of rotatable bonds is 3. The van der Waals surface area contributed by atoms with Crippen molar-refractivity contribution < 1.29 is 9.90 Å². The van der Waals surface area contributed by atoms with Gasteiger partial charge in [0.1, 0.15) is 5.76 Å². The van der Waals surface area contributed by atoms with Crippen LogP contribution in [0.1, 0.15) is 27.0 Å². The molecule has 0 amide bonds. The predicted octanol–water partition coefficient (Wildman–Crippen LogP) is 3.21. The molecular weight excluding hydrogens is 264 g/mol.